The molecule has 1 N–H and O–H groups in total. The van der Waals surface area contributed by atoms with Crippen LogP contribution < -0.4 is 0 Å². The van der Waals surface area contributed by atoms with Crippen LogP contribution in [0.15, 0.2) is 11.3 Å². The number of carboxylic acid groups (broad SMARTS) is 1. The van der Waals surface area contributed by atoms with Crippen LogP contribution in [0, 0.1) is 12.8 Å². The van der Waals surface area contributed by atoms with Gasteiger partial charge in [-0.1, -0.05) is 0 Å². The van der Waals surface area contributed by atoms with E-state index in [1.165, 1.54) is 11.3 Å². The van der Waals surface area contributed by atoms with Gasteiger partial charge in [-0.2, -0.15) is 25.8 Å². The van der Waals surface area contributed by atoms with Crippen molar-refractivity contribution in [1.29, 1.82) is 0 Å². The number of halogens is 3. The Kier molecular flexibility index (Phi) is 5.84. The Bertz CT molecular complexity index is 937. The first kappa shape index (κ1) is 22.5. The molecular weight excluding hydrogens is 444 g/mol. The van der Waals surface area contributed by atoms with Crippen LogP contribution in [0.4, 0.5) is 13.2 Å². The molecule has 152 valence electrons. The predicted molar refractivity (Wildman–Crippen MR) is 98.5 cm³/mol. The average molecular weight is 458 g/mol. The van der Waals surface area contributed by atoms with Crippen molar-refractivity contribution in [3.8, 4) is 0 Å². The average Bonchev–Trinajstić information content (AvgIpc) is 3.19. The van der Waals surface area contributed by atoms with E-state index in [0.717, 1.165) is 4.90 Å². The summed E-state index contributed by atoms with van der Waals surface area (Å²) in [7, 11) is 0. The van der Waals surface area contributed by atoms with E-state index in [4.69, 9.17) is 0 Å². The van der Waals surface area contributed by atoms with Crippen molar-refractivity contribution in [2.45, 2.75) is 36.9 Å². The second-order valence-corrected chi connectivity index (χ2v) is 8.53. The van der Waals surface area contributed by atoms with Gasteiger partial charge < -0.3 is 10.0 Å². The molecule has 0 aliphatic carbocycles. The van der Waals surface area contributed by atoms with E-state index in [9.17, 15) is 32.7 Å². The fourth-order valence-corrected chi connectivity index (χ4v) is 5.32. The summed E-state index contributed by atoms with van der Waals surface area (Å²) in [5.74, 6) is -4.79. The van der Waals surface area contributed by atoms with Crippen molar-refractivity contribution in [2.24, 2.45) is 5.92 Å². The maximum absolute atomic E-state index is 12.9. The Morgan fingerprint density at radius 1 is 1.34 bits per heavy atom. The van der Waals surface area contributed by atoms with Crippen molar-refractivity contribution in [3.05, 3.63) is 21.3 Å². The monoisotopic (exact) mass is 458 g/mol. The van der Waals surface area contributed by atoms with Gasteiger partial charge in [0.25, 0.3) is 5.91 Å². The van der Waals surface area contributed by atoms with Crippen LogP contribution in [0.3, 0.4) is 0 Å². The summed E-state index contributed by atoms with van der Waals surface area (Å²) in [6, 6.07) is -2.05. The van der Waals surface area contributed by atoms with Crippen LogP contribution in [0.25, 0.3) is 0 Å². The summed E-state index contributed by atoms with van der Waals surface area (Å²) in [6.07, 6.45) is -5.00. The zero-order chi connectivity index (χ0) is 20.5. The quantitative estimate of drug-likeness (QED) is 0.389. The molecule has 29 heavy (non-hydrogen) atoms. The summed E-state index contributed by atoms with van der Waals surface area (Å²) >= 11 is 5.65. The number of nitrogens with zero attached hydrogens (tertiary/aromatic N) is 4. The number of carboxylic acids is 1. The van der Waals surface area contributed by atoms with Crippen molar-refractivity contribution in [3.63, 3.8) is 0 Å². The number of β-lactam (4-membered cyclic amide) rings is 1. The summed E-state index contributed by atoms with van der Waals surface area (Å²) in [5, 5.41) is 17.8. The predicted octanol–water partition coefficient (Wildman–Crippen LogP) is 0.511. The van der Waals surface area contributed by atoms with Gasteiger partial charge in [-0.15, -0.1) is 21.5 Å². The molecule has 0 spiro atoms. The minimum absolute atomic E-state index is 0. The summed E-state index contributed by atoms with van der Waals surface area (Å²) in [5.41, 5.74) is -0.0157. The molecule has 1 unspecified atom stereocenters. The van der Waals surface area contributed by atoms with Crippen molar-refractivity contribution in [2.75, 3.05) is 6.54 Å². The van der Waals surface area contributed by atoms with Crippen molar-refractivity contribution in [1.82, 2.24) is 20.0 Å². The van der Waals surface area contributed by atoms with E-state index in [0.29, 0.717) is 14.9 Å². The Morgan fingerprint density at radius 2 is 2.00 bits per heavy atom. The molecule has 0 aromatic carbocycles. The Morgan fingerprint density at radius 3 is 2.52 bits per heavy atom. The molecule has 8 nitrogen and oxygen atoms in total. The molecule has 14 heteroatoms. The van der Waals surface area contributed by atoms with Gasteiger partial charge in [0.15, 0.2) is 0 Å². The minimum atomic E-state index is -5.10. The Hall–Kier alpha value is -1.15. The van der Waals surface area contributed by atoms with Crippen LogP contribution in [-0.4, -0.2) is 97.2 Å². The van der Waals surface area contributed by atoms with E-state index in [1.54, 1.807) is 6.92 Å². The number of aromatic nitrogens is 2. The first-order valence-corrected chi connectivity index (χ1v) is 9.51. The number of carbonyl (C=O) groups excluding carboxylic acids is 2. The number of aryl methyl sites for hydroxylation is 1. The number of amides is 2. The Balaban J connectivity index is 0.00000240. The molecule has 0 radical (unpaired) electrons. The summed E-state index contributed by atoms with van der Waals surface area (Å²) in [4.78, 5) is 37.6. The first-order chi connectivity index (χ1) is 13.0. The van der Waals surface area contributed by atoms with E-state index in [1.807, 2.05) is 0 Å². The number of thiol groups is 1. The number of likely N-dealkylation sites (tertiary alicyclic amines) is 1. The number of alkyl halides is 3. The van der Waals surface area contributed by atoms with Crippen LogP contribution >= 0.6 is 24.0 Å². The summed E-state index contributed by atoms with van der Waals surface area (Å²) < 4.78 is 38.6. The molecule has 0 saturated carbocycles. The number of hydrogen-bond donors (Lipinski definition) is 2. The van der Waals surface area contributed by atoms with Gasteiger partial charge >= 0.3 is 47.6 Å². The number of rotatable bonds is 3. The van der Waals surface area contributed by atoms with E-state index in [-0.39, 0.29) is 53.8 Å². The maximum atomic E-state index is 12.9. The van der Waals surface area contributed by atoms with Crippen molar-refractivity contribution < 1.29 is 32.7 Å². The fourth-order valence-electron chi connectivity index (χ4n) is 4.16. The third kappa shape index (κ3) is 3.40. The van der Waals surface area contributed by atoms with Gasteiger partial charge in [0.05, 0.1) is 11.3 Å². The molecule has 1 aromatic rings. The first-order valence-electron chi connectivity index (χ1n) is 8.17. The van der Waals surface area contributed by atoms with Crippen LogP contribution in [0.5, 0.6) is 0 Å². The van der Waals surface area contributed by atoms with Crippen LogP contribution in [-0.2, 0) is 14.4 Å². The van der Waals surface area contributed by atoms with E-state index >= 15 is 0 Å². The van der Waals surface area contributed by atoms with Gasteiger partial charge in [0, 0.05) is 12.5 Å². The van der Waals surface area contributed by atoms with E-state index in [2.05, 4.69) is 22.8 Å². The molecular formula is C15H14F3N4NaO4S2. The molecule has 2 amide bonds. The van der Waals surface area contributed by atoms with Gasteiger partial charge in [0.2, 0.25) is 0 Å². The normalized spacial score (nSPS) is 26.7. The van der Waals surface area contributed by atoms with E-state index < -0.39 is 47.2 Å². The number of hydrogen-bond acceptors (Lipinski definition) is 7. The van der Waals surface area contributed by atoms with Gasteiger partial charge in [-0.25, -0.2) is 4.79 Å². The van der Waals surface area contributed by atoms with Gasteiger partial charge in [-0.3, -0.25) is 14.5 Å². The molecule has 2 fully saturated rings. The zero-order valence-corrected chi connectivity index (χ0v) is 15.9. The Labute approximate surface area is 193 Å². The number of carbonyl (C=O) groups is 3. The van der Waals surface area contributed by atoms with Crippen molar-refractivity contribution >= 4 is 71.3 Å². The van der Waals surface area contributed by atoms with Gasteiger partial charge in [-0.05, 0) is 18.9 Å². The molecule has 3 aliphatic rings. The second kappa shape index (κ2) is 7.52. The molecule has 2 saturated heterocycles. The molecule has 3 aliphatic heterocycles. The topological polar surface area (TPSA) is 104 Å². The summed E-state index contributed by atoms with van der Waals surface area (Å²) in [6.45, 7) is 1.44. The third-order valence-corrected chi connectivity index (χ3v) is 6.84. The fraction of sp³-hybridized carbons (Fsp3) is 0.533. The van der Waals surface area contributed by atoms with Crippen LogP contribution in [0.1, 0.15) is 21.7 Å². The zero-order valence-electron chi connectivity index (χ0n) is 14.2. The van der Waals surface area contributed by atoms with Crippen LogP contribution in [0.2, 0.25) is 0 Å². The SMILES string of the molecule is Cc1nnc(C(S)C2=C(C(=O)O)N3C(=O)[C@@H]4[C@H]3[C@H](C2)CN4C(=O)C(F)(F)F)s1.[NaH]. The molecule has 4 heterocycles. The molecule has 0 bridgehead atoms. The third-order valence-electron chi connectivity index (χ3n) is 5.20. The second-order valence-electron chi connectivity index (χ2n) is 6.80. The molecule has 4 rings (SSSR count). The van der Waals surface area contributed by atoms with Gasteiger partial charge in [0.1, 0.15) is 21.8 Å². The molecule has 4 atom stereocenters. The number of aliphatic carboxylic acids is 1. The standard InChI is InChI=1S/C15H13F3N4O4S2.Na.H/c1-4-19-20-11(28-4)10(27)6-2-5-3-21(14(26)15(16,17)18)9-7(5)22(12(9)23)8(6)13(24)25;;/h5,7,9-10,27H,2-3H2,1H3,(H,24,25);;/t5-,7-,9+,10?;;/m1../s1. The molecule has 1 aromatic heterocycles.